The minimum absolute atomic E-state index is 0. The number of amides is 3. The summed E-state index contributed by atoms with van der Waals surface area (Å²) >= 11 is 11.8. The molecule has 5 N–H and O–H groups in total. The third-order valence-corrected chi connectivity index (χ3v) is 3.59. The zero-order valence-electron chi connectivity index (χ0n) is 13.1. The Labute approximate surface area is 160 Å². The number of hydrogen-bond acceptors (Lipinski definition) is 3. The number of aromatic nitrogens is 1. The molecule has 25 heavy (non-hydrogen) atoms. The van der Waals surface area contributed by atoms with Crippen LogP contribution in [0.1, 0.15) is 15.9 Å². The molecule has 2 rings (SSSR count). The van der Waals surface area contributed by atoms with E-state index in [4.69, 9.17) is 28.6 Å². The number of carbonyl (C=O) groups is 2. The number of pyridine rings is 1. The molecule has 0 atom stereocenters. The standard InChI is InChI=1S/C15H15Cl2N5O2.ClH/c1-19-15(24)22-12-3-2-9(16)4-8(12)6-21-14(23)11-5-10(17)7-20-13(11)18;/h2-5,7H,6H2,1H3,(H2,18,20)(H,21,23)(H2,19,22,24);1H. The average Bonchev–Trinajstić information content (AvgIpc) is 2.56. The lowest BCUT2D eigenvalue weighted by Crippen LogP contribution is -2.30. The van der Waals surface area contributed by atoms with E-state index >= 15 is 0 Å². The number of rotatable bonds is 4. The van der Waals surface area contributed by atoms with Crippen molar-refractivity contribution < 1.29 is 9.59 Å². The maximum absolute atomic E-state index is 12.2. The molecule has 0 saturated heterocycles. The highest BCUT2D eigenvalue weighted by atomic mass is 35.5. The molecule has 134 valence electrons. The Kier molecular flexibility index (Phi) is 7.76. The van der Waals surface area contributed by atoms with Crippen molar-refractivity contribution in [2.24, 2.45) is 0 Å². The number of hydrogen-bond donors (Lipinski definition) is 5. The maximum Gasteiger partial charge on any atom is 0.318 e. The van der Waals surface area contributed by atoms with E-state index in [1.54, 1.807) is 18.2 Å². The Bertz CT molecular complexity index is 838. The highest BCUT2D eigenvalue weighted by Gasteiger charge is 2.11. The molecule has 0 aliphatic heterocycles. The number of anilines is 1. The quantitative estimate of drug-likeness (QED) is 0.540. The molecule has 0 aliphatic rings. The van der Waals surface area contributed by atoms with Crippen LogP contribution in [0.25, 0.3) is 0 Å². The summed E-state index contributed by atoms with van der Waals surface area (Å²) in [5.74, 6) is -0.468. The van der Waals surface area contributed by atoms with Crippen molar-refractivity contribution >= 4 is 53.2 Å². The van der Waals surface area contributed by atoms with E-state index in [0.717, 1.165) is 0 Å². The molecule has 0 radical (unpaired) electrons. The van der Waals surface area contributed by atoms with Crippen LogP contribution in [0, 0.1) is 5.41 Å². The van der Waals surface area contributed by atoms with Crippen molar-refractivity contribution in [2.45, 2.75) is 6.54 Å². The van der Waals surface area contributed by atoms with Crippen molar-refractivity contribution in [3.63, 3.8) is 0 Å². The van der Waals surface area contributed by atoms with Gasteiger partial charge in [0, 0.05) is 30.5 Å². The Morgan fingerprint density at radius 3 is 2.60 bits per heavy atom. The maximum atomic E-state index is 12.2. The molecule has 0 aliphatic carbocycles. The number of carbonyl (C=O) groups excluding carboxylic acids is 2. The molecule has 1 heterocycles. The van der Waals surface area contributed by atoms with Gasteiger partial charge in [-0.2, -0.15) is 0 Å². The van der Waals surface area contributed by atoms with Crippen LogP contribution in [0.5, 0.6) is 0 Å². The smallest absolute Gasteiger partial charge is 0.318 e. The number of benzene rings is 1. The second kappa shape index (κ2) is 9.31. The van der Waals surface area contributed by atoms with Crippen molar-refractivity contribution in [1.82, 2.24) is 15.6 Å². The summed E-state index contributed by atoms with van der Waals surface area (Å²) in [6, 6.07) is 5.92. The molecule has 2 aromatic rings. The van der Waals surface area contributed by atoms with Gasteiger partial charge in [0.1, 0.15) is 5.49 Å². The van der Waals surface area contributed by atoms with Gasteiger partial charge in [-0.1, -0.05) is 23.2 Å². The topological polar surface area (TPSA) is 110 Å². The fourth-order valence-electron chi connectivity index (χ4n) is 1.94. The van der Waals surface area contributed by atoms with Crippen LogP contribution < -0.4 is 21.4 Å². The molecule has 1 aromatic heterocycles. The summed E-state index contributed by atoms with van der Waals surface area (Å²) in [5.41, 5.74) is 1.21. The minimum Gasteiger partial charge on any atom is -0.348 e. The Hall–Kier alpha value is -2.22. The van der Waals surface area contributed by atoms with Crippen LogP contribution in [0.15, 0.2) is 30.5 Å². The predicted octanol–water partition coefficient (Wildman–Crippen LogP) is 2.90. The second-order valence-electron chi connectivity index (χ2n) is 4.79. The van der Waals surface area contributed by atoms with Crippen molar-refractivity contribution in [3.8, 4) is 0 Å². The Balaban J connectivity index is 0.00000312. The van der Waals surface area contributed by atoms with E-state index in [9.17, 15) is 9.59 Å². The highest BCUT2D eigenvalue weighted by molar-refractivity contribution is 6.31. The Morgan fingerprint density at radius 2 is 1.92 bits per heavy atom. The van der Waals surface area contributed by atoms with Crippen LogP contribution in [0.2, 0.25) is 10.0 Å². The lowest BCUT2D eigenvalue weighted by Gasteiger charge is -2.12. The summed E-state index contributed by atoms with van der Waals surface area (Å²) in [6.45, 7) is 0.116. The molecule has 3 amide bonds. The first-order valence-electron chi connectivity index (χ1n) is 6.89. The van der Waals surface area contributed by atoms with Crippen LogP contribution in [-0.2, 0) is 6.54 Å². The number of nitrogens with one attached hydrogen (secondary N) is 5. The highest BCUT2D eigenvalue weighted by Crippen LogP contribution is 2.20. The lowest BCUT2D eigenvalue weighted by atomic mass is 10.1. The van der Waals surface area contributed by atoms with Gasteiger partial charge in [0.15, 0.2) is 0 Å². The first kappa shape index (κ1) is 20.8. The normalized spacial score (nSPS) is 9.72. The van der Waals surface area contributed by atoms with Crippen LogP contribution in [-0.4, -0.2) is 24.0 Å². The van der Waals surface area contributed by atoms with Gasteiger partial charge in [0.05, 0.1) is 10.6 Å². The summed E-state index contributed by atoms with van der Waals surface area (Å²) in [4.78, 5) is 26.3. The van der Waals surface area contributed by atoms with Gasteiger partial charge in [-0.05, 0) is 29.8 Å². The molecule has 0 spiro atoms. The molecule has 0 unspecified atom stereocenters. The van der Waals surface area contributed by atoms with Crippen molar-refractivity contribution in [3.05, 3.63) is 57.1 Å². The predicted molar refractivity (Wildman–Crippen MR) is 99.6 cm³/mol. The monoisotopic (exact) mass is 403 g/mol. The largest absolute Gasteiger partial charge is 0.348 e. The SMILES string of the molecule is CNC(=O)Nc1ccc(Cl)cc1CNC(=O)c1cc(Cl)c[nH]c1=N.Cl. The zero-order valence-corrected chi connectivity index (χ0v) is 15.4. The van der Waals surface area contributed by atoms with Gasteiger partial charge >= 0.3 is 6.03 Å². The number of halogens is 3. The molecule has 10 heteroatoms. The lowest BCUT2D eigenvalue weighted by molar-refractivity contribution is 0.0949. The van der Waals surface area contributed by atoms with Crippen LogP contribution in [0.3, 0.4) is 0 Å². The fourth-order valence-corrected chi connectivity index (χ4v) is 2.29. The molecular weight excluding hydrogens is 389 g/mol. The molecule has 1 aromatic carbocycles. The summed E-state index contributed by atoms with van der Waals surface area (Å²) < 4.78 is 0. The minimum atomic E-state index is -0.468. The summed E-state index contributed by atoms with van der Waals surface area (Å²) in [7, 11) is 1.50. The van der Waals surface area contributed by atoms with Crippen LogP contribution >= 0.6 is 35.6 Å². The van der Waals surface area contributed by atoms with Gasteiger partial charge in [0.2, 0.25) is 0 Å². The van der Waals surface area contributed by atoms with Gasteiger partial charge in [0.25, 0.3) is 5.91 Å². The van der Waals surface area contributed by atoms with Gasteiger partial charge < -0.3 is 20.9 Å². The zero-order chi connectivity index (χ0) is 17.7. The van der Waals surface area contributed by atoms with E-state index in [0.29, 0.717) is 21.3 Å². The van der Waals surface area contributed by atoms with E-state index in [-0.39, 0.29) is 36.0 Å². The number of aromatic amines is 1. The van der Waals surface area contributed by atoms with Gasteiger partial charge in [-0.25, -0.2) is 4.79 Å². The second-order valence-corrected chi connectivity index (χ2v) is 5.67. The number of urea groups is 1. The fraction of sp³-hybridized carbons (Fsp3) is 0.133. The first-order valence-corrected chi connectivity index (χ1v) is 7.64. The third kappa shape index (κ3) is 5.67. The van der Waals surface area contributed by atoms with E-state index in [1.165, 1.54) is 19.3 Å². The van der Waals surface area contributed by atoms with E-state index in [1.807, 2.05) is 0 Å². The van der Waals surface area contributed by atoms with Gasteiger partial charge in [-0.3, -0.25) is 10.2 Å². The van der Waals surface area contributed by atoms with E-state index < -0.39 is 5.91 Å². The van der Waals surface area contributed by atoms with E-state index in [2.05, 4.69) is 20.9 Å². The summed E-state index contributed by atoms with van der Waals surface area (Å²) in [6.07, 6.45) is 1.42. The Morgan fingerprint density at radius 1 is 1.20 bits per heavy atom. The molecular formula is C15H16Cl3N5O2. The molecule has 0 saturated carbocycles. The van der Waals surface area contributed by atoms with Crippen molar-refractivity contribution in [1.29, 1.82) is 5.41 Å². The molecule has 0 bridgehead atoms. The van der Waals surface area contributed by atoms with Crippen molar-refractivity contribution in [2.75, 3.05) is 12.4 Å². The average molecular weight is 405 g/mol. The van der Waals surface area contributed by atoms with Gasteiger partial charge in [-0.15, -0.1) is 12.4 Å². The van der Waals surface area contributed by atoms with Crippen LogP contribution in [0.4, 0.5) is 10.5 Å². The first-order chi connectivity index (χ1) is 11.4. The third-order valence-electron chi connectivity index (χ3n) is 3.13. The molecule has 7 nitrogen and oxygen atoms in total. The molecule has 0 fully saturated rings. The number of H-pyrrole nitrogens is 1. The summed E-state index contributed by atoms with van der Waals surface area (Å²) in [5, 5.41) is 16.3.